The second kappa shape index (κ2) is 6.78. The first kappa shape index (κ1) is 16.0. The molecule has 0 saturated carbocycles. The topological polar surface area (TPSA) is 58.3 Å². The standard InChI is InChI=1S/C20H23N5/c1-24-8-10-25(11-9-24)13-15-4-2-5-16(12-15)17-6-3-7-18-19(17)20(21)23-14-22-18/h2-7,12,14H,8-11,13H2,1H3,(H2,21,22,23). The fourth-order valence-corrected chi connectivity index (χ4v) is 3.48. The van der Waals surface area contributed by atoms with Crippen LogP contribution in [0.15, 0.2) is 48.8 Å². The number of likely N-dealkylation sites (N-methyl/N-ethyl adjacent to an activating group) is 1. The Morgan fingerprint density at radius 3 is 2.64 bits per heavy atom. The van der Waals surface area contributed by atoms with Crippen LogP contribution in [0.2, 0.25) is 0 Å². The molecule has 5 heteroatoms. The van der Waals surface area contributed by atoms with Gasteiger partial charge < -0.3 is 10.6 Å². The zero-order chi connectivity index (χ0) is 17.2. The van der Waals surface area contributed by atoms with E-state index in [2.05, 4.69) is 57.1 Å². The van der Waals surface area contributed by atoms with Crippen LogP contribution in [-0.2, 0) is 6.54 Å². The van der Waals surface area contributed by atoms with E-state index in [1.54, 1.807) is 0 Å². The molecule has 1 aliphatic heterocycles. The minimum absolute atomic E-state index is 0.532. The number of benzene rings is 2. The number of nitrogen functional groups attached to an aromatic ring is 1. The first-order chi connectivity index (χ1) is 12.2. The summed E-state index contributed by atoms with van der Waals surface area (Å²) in [6, 6.07) is 14.8. The van der Waals surface area contributed by atoms with Gasteiger partial charge in [0.1, 0.15) is 12.1 Å². The molecule has 1 fully saturated rings. The Hall–Kier alpha value is -2.50. The minimum Gasteiger partial charge on any atom is -0.383 e. The van der Waals surface area contributed by atoms with Gasteiger partial charge in [-0.2, -0.15) is 0 Å². The average Bonchev–Trinajstić information content (AvgIpc) is 2.64. The lowest BCUT2D eigenvalue weighted by atomic mass is 9.99. The number of rotatable bonds is 3. The van der Waals surface area contributed by atoms with Gasteiger partial charge in [-0.1, -0.05) is 30.3 Å². The molecular formula is C20H23N5. The van der Waals surface area contributed by atoms with Gasteiger partial charge in [0.05, 0.1) is 10.9 Å². The maximum absolute atomic E-state index is 6.13. The molecule has 2 N–H and O–H groups in total. The number of anilines is 1. The van der Waals surface area contributed by atoms with Crippen molar-refractivity contribution in [1.82, 2.24) is 19.8 Å². The molecule has 0 atom stereocenters. The van der Waals surface area contributed by atoms with Gasteiger partial charge in [0, 0.05) is 32.7 Å². The normalized spacial score (nSPS) is 16.4. The van der Waals surface area contributed by atoms with E-state index < -0.39 is 0 Å². The zero-order valence-corrected chi connectivity index (χ0v) is 14.5. The highest BCUT2D eigenvalue weighted by atomic mass is 15.2. The SMILES string of the molecule is CN1CCN(Cc2cccc(-c3cccc4ncnc(N)c34)c2)CC1. The van der Waals surface area contributed by atoms with Crippen LogP contribution in [-0.4, -0.2) is 53.0 Å². The van der Waals surface area contributed by atoms with Gasteiger partial charge in [-0.05, 0) is 35.9 Å². The second-order valence-electron chi connectivity index (χ2n) is 6.74. The van der Waals surface area contributed by atoms with Crippen molar-refractivity contribution in [1.29, 1.82) is 0 Å². The first-order valence-electron chi connectivity index (χ1n) is 8.70. The van der Waals surface area contributed by atoms with Crippen molar-refractivity contribution in [3.8, 4) is 11.1 Å². The molecule has 0 unspecified atom stereocenters. The molecule has 4 rings (SSSR count). The fraction of sp³-hybridized carbons (Fsp3) is 0.300. The number of hydrogen-bond acceptors (Lipinski definition) is 5. The lowest BCUT2D eigenvalue weighted by Crippen LogP contribution is -2.43. The third-order valence-electron chi connectivity index (χ3n) is 4.93. The number of nitrogens with two attached hydrogens (primary N) is 1. The molecule has 2 aromatic carbocycles. The van der Waals surface area contributed by atoms with Gasteiger partial charge >= 0.3 is 0 Å². The average molecular weight is 333 g/mol. The van der Waals surface area contributed by atoms with Crippen molar-refractivity contribution in [3.63, 3.8) is 0 Å². The quantitative estimate of drug-likeness (QED) is 0.798. The lowest BCUT2D eigenvalue weighted by Gasteiger charge is -2.32. The number of aromatic nitrogens is 2. The number of piperazine rings is 1. The molecule has 128 valence electrons. The highest BCUT2D eigenvalue weighted by Gasteiger charge is 2.14. The molecule has 0 spiro atoms. The molecule has 5 nitrogen and oxygen atoms in total. The highest BCUT2D eigenvalue weighted by molar-refractivity contribution is 6.00. The van der Waals surface area contributed by atoms with Crippen LogP contribution in [0.1, 0.15) is 5.56 Å². The van der Waals surface area contributed by atoms with E-state index >= 15 is 0 Å². The Morgan fingerprint density at radius 1 is 1.00 bits per heavy atom. The maximum Gasteiger partial charge on any atom is 0.135 e. The third kappa shape index (κ3) is 3.34. The molecule has 0 amide bonds. The molecule has 1 saturated heterocycles. The summed E-state index contributed by atoms with van der Waals surface area (Å²) in [6.07, 6.45) is 1.52. The second-order valence-corrected chi connectivity index (χ2v) is 6.74. The summed E-state index contributed by atoms with van der Waals surface area (Å²) >= 11 is 0. The van der Waals surface area contributed by atoms with E-state index in [1.807, 2.05) is 12.1 Å². The smallest absolute Gasteiger partial charge is 0.135 e. The van der Waals surface area contributed by atoms with Gasteiger partial charge in [0.2, 0.25) is 0 Å². The van der Waals surface area contributed by atoms with Crippen molar-refractivity contribution in [2.45, 2.75) is 6.54 Å². The summed E-state index contributed by atoms with van der Waals surface area (Å²) in [7, 11) is 2.19. The van der Waals surface area contributed by atoms with E-state index in [0.29, 0.717) is 5.82 Å². The Bertz CT molecular complexity index is 879. The Morgan fingerprint density at radius 2 is 1.80 bits per heavy atom. The molecule has 0 bridgehead atoms. The van der Waals surface area contributed by atoms with E-state index in [-0.39, 0.29) is 0 Å². The number of hydrogen-bond donors (Lipinski definition) is 1. The number of fused-ring (bicyclic) bond motifs is 1. The molecule has 1 aliphatic rings. The van der Waals surface area contributed by atoms with Crippen LogP contribution in [0, 0.1) is 0 Å². The summed E-state index contributed by atoms with van der Waals surface area (Å²) in [5, 5.41) is 0.932. The van der Waals surface area contributed by atoms with Gasteiger partial charge in [-0.25, -0.2) is 9.97 Å². The Balaban J connectivity index is 1.66. The minimum atomic E-state index is 0.532. The zero-order valence-electron chi connectivity index (χ0n) is 14.5. The summed E-state index contributed by atoms with van der Waals surface area (Å²) in [4.78, 5) is 13.4. The number of nitrogens with zero attached hydrogens (tertiary/aromatic N) is 4. The summed E-state index contributed by atoms with van der Waals surface area (Å²) in [5.74, 6) is 0.532. The van der Waals surface area contributed by atoms with Crippen LogP contribution in [0.4, 0.5) is 5.82 Å². The summed E-state index contributed by atoms with van der Waals surface area (Å²) in [5.41, 5.74) is 10.6. The monoisotopic (exact) mass is 333 g/mol. The van der Waals surface area contributed by atoms with E-state index in [1.165, 1.54) is 17.5 Å². The maximum atomic E-state index is 6.13. The third-order valence-corrected chi connectivity index (χ3v) is 4.93. The van der Waals surface area contributed by atoms with Gasteiger partial charge in [0.15, 0.2) is 0 Å². The molecule has 2 heterocycles. The molecule has 0 aliphatic carbocycles. The van der Waals surface area contributed by atoms with Crippen LogP contribution in [0.3, 0.4) is 0 Å². The summed E-state index contributed by atoms with van der Waals surface area (Å²) < 4.78 is 0. The highest BCUT2D eigenvalue weighted by Crippen LogP contribution is 2.31. The van der Waals surface area contributed by atoms with E-state index in [9.17, 15) is 0 Å². The predicted octanol–water partition coefficient (Wildman–Crippen LogP) is 2.63. The largest absolute Gasteiger partial charge is 0.383 e. The van der Waals surface area contributed by atoms with E-state index in [0.717, 1.165) is 49.2 Å². The van der Waals surface area contributed by atoms with Gasteiger partial charge in [-0.3, -0.25) is 4.90 Å². The van der Waals surface area contributed by atoms with Crippen LogP contribution in [0.5, 0.6) is 0 Å². The lowest BCUT2D eigenvalue weighted by molar-refractivity contribution is 0.148. The fourth-order valence-electron chi connectivity index (χ4n) is 3.48. The van der Waals surface area contributed by atoms with Crippen molar-refractivity contribution < 1.29 is 0 Å². The molecule has 25 heavy (non-hydrogen) atoms. The van der Waals surface area contributed by atoms with Crippen molar-refractivity contribution in [3.05, 3.63) is 54.4 Å². The van der Waals surface area contributed by atoms with Crippen LogP contribution in [0.25, 0.3) is 22.0 Å². The molecule has 0 radical (unpaired) electrons. The van der Waals surface area contributed by atoms with Crippen molar-refractivity contribution in [2.75, 3.05) is 39.0 Å². The predicted molar refractivity (Wildman–Crippen MR) is 102 cm³/mol. The molecular weight excluding hydrogens is 310 g/mol. The Labute approximate surface area is 148 Å². The van der Waals surface area contributed by atoms with Crippen LogP contribution >= 0.6 is 0 Å². The van der Waals surface area contributed by atoms with Crippen LogP contribution < -0.4 is 5.73 Å². The first-order valence-corrected chi connectivity index (χ1v) is 8.70. The molecule has 1 aromatic heterocycles. The van der Waals surface area contributed by atoms with Crippen molar-refractivity contribution in [2.24, 2.45) is 0 Å². The Kier molecular flexibility index (Phi) is 4.34. The summed E-state index contributed by atoms with van der Waals surface area (Å²) in [6.45, 7) is 5.50. The molecule has 3 aromatic rings. The van der Waals surface area contributed by atoms with Gasteiger partial charge in [-0.15, -0.1) is 0 Å². The van der Waals surface area contributed by atoms with Gasteiger partial charge in [0.25, 0.3) is 0 Å². The van der Waals surface area contributed by atoms with E-state index in [4.69, 9.17) is 5.73 Å². The van der Waals surface area contributed by atoms with Crippen molar-refractivity contribution >= 4 is 16.7 Å².